The number of benzene rings is 2. The van der Waals surface area contributed by atoms with Crippen LogP contribution >= 0.6 is 15.9 Å². The lowest BCUT2D eigenvalue weighted by Gasteiger charge is -2.34. The molecule has 1 fully saturated rings. The van der Waals surface area contributed by atoms with E-state index in [2.05, 4.69) is 15.9 Å². The summed E-state index contributed by atoms with van der Waals surface area (Å²) in [6.07, 6.45) is 0.697. The molecule has 4 rings (SSSR count). The van der Waals surface area contributed by atoms with Gasteiger partial charge in [-0.1, -0.05) is 24.3 Å². The summed E-state index contributed by atoms with van der Waals surface area (Å²) in [7, 11) is -3.64. The largest absolute Gasteiger partial charge is 0.485 e. The number of Topliss-reactive ketones (excluding diaryl/α,β-unsaturated/α-hetero) is 1. The Labute approximate surface area is 154 Å². The van der Waals surface area contributed by atoms with E-state index in [1.54, 1.807) is 42.5 Å². The molecular weight excluding hydrogens is 406 g/mol. The van der Waals surface area contributed by atoms with Crippen molar-refractivity contribution in [2.45, 2.75) is 23.3 Å². The number of carbonyl (C=O) groups is 1. The molecule has 0 N–H and O–H groups in total. The number of hydrogen-bond acceptors (Lipinski definition) is 4. The summed E-state index contributed by atoms with van der Waals surface area (Å²) in [6.45, 7) is 0.510. The highest BCUT2D eigenvalue weighted by molar-refractivity contribution is 9.10. The van der Waals surface area contributed by atoms with Crippen LogP contribution in [0.5, 0.6) is 5.75 Å². The third-order valence-corrected chi connectivity index (χ3v) is 7.59. The highest BCUT2D eigenvalue weighted by atomic mass is 79.9. The Hall–Kier alpha value is -1.70. The van der Waals surface area contributed by atoms with E-state index in [0.29, 0.717) is 28.8 Å². The molecule has 7 heteroatoms. The van der Waals surface area contributed by atoms with E-state index in [1.165, 1.54) is 4.31 Å². The number of ketones is 1. The van der Waals surface area contributed by atoms with E-state index >= 15 is 0 Å². The molecule has 1 atom stereocenters. The summed E-state index contributed by atoms with van der Waals surface area (Å²) < 4.78 is 34.0. The van der Waals surface area contributed by atoms with E-state index in [1.807, 2.05) is 6.07 Å². The van der Waals surface area contributed by atoms with E-state index < -0.39 is 15.6 Å². The number of para-hydroxylation sites is 1. The predicted molar refractivity (Wildman–Crippen MR) is 96.3 cm³/mol. The van der Waals surface area contributed by atoms with Crippen molar-refractivity contribution in [1.29, 1.82) is 0 Å². The maximum absolute atomic E-state index is 13.0. The molecule has 2 aliphatic heterocycles. The first-order valence-electron chi connectivity index (χ1n) is 7.97. The number of carbonyl (C=O) groups excluding carboxylic acids is 1. The maximum Gasteiger partial charge on any atom is 0.244 e. The summed E-state index contributed by atoms with van der Waals surface area (Å²) in [4.78, 5) is 12.7. The Morgan fingerprint density at radius 1 is 1.08 bits per heavy atom. The average Bonchev–Trinajstić information content (AvgIpc) is 2.99. The highest BCUT2D eigenvalue weighted by Gasteiger charge is 2.49. The van der Waals surface area contributed by atoms with Gasteiger partial charge in [0.15, 0.2) is 5.78 Å². The second-order valence-corrected chi connectivity index (χ2v) is 9.16. The molecule has 0 amide bonds. The van der Waals surface area contributed by atoms with Gasteiger partial charge in [-0.25, -0.2) is 8.42 Å². The van der Waals surface area contributed by atoms with Crippen LogP contribution in [0.4, 0.5) is 0 Å². The summed E-state index contributed by atoms with van der Waals surface area (Å²) >= 11 is 3.31. The number of sulfonamides is 1. The minimum atomic E-state index is -3.64. The zero-order chi connectivity index (χ0) is 17.7. The van der Waals surface area contributed by atoms with Gasteiger partial charge in [0.05, 0.1) is 23.4 Å². The van der Waals surface area contributed by atoms with E-state index in [-0.39, 0.29) is 23.6 Å². The van der Waals surface area contributed by atoms with Crippen molar-refractivity contribution in [3.8, 4) is 5.75 Å². The van der Waals surface area contributed by atoms with Gasteiger partial charge in [-0.05, 0) is 40.2 Å². The van der Waals surface area contributed by atoms with Crippen LogP contribution < -0.4 is 4.74 Å². The number of nitrogens with zero attached hydrogens (tertiary/aromatic N) is 1. The Kier molecular flexibility index (Phi) is 3.97. The molecule has 0 radical (unpaired) electrons. The second-order valence-electron chi connectivity index (χ2n) is 6.40. The molecule has 2 aromatic rings. The minimum absolute atomic E-state index is 0.00184. The molecule has 1 unspecified atom stereocenters. The average molecular weight is 422 g/mol. The van der Waals surface area contributed by atoms with Gasteiger partial charge in [0.25, 0.3) is 0 Å². The van der Waals surface area contributed by atoms with Crippen LogP contribution in [0.3, 0.4) is 0 Å². The van der Waals surface area contributed by atoms with Crippen molar-refractivity contribution >= 4 is 31.7 Å². The number of ether oxygens (including phenoxy) is 1. The molecule has 2 heterocycles. The maximum atomic E-state index is 13.0. The van der Waals surface area contributed by atoms with E-state index in [9.17, 15) is 13.2 Å². The fourth-order valence-corrected chi connectivity index (χ4v) is 5.96. The van der Waals surface area contributed by atoms with E-state index in [0.717, 1.165) is 0 Å². The minimum Gasteiger partial charge on any atom is -0.485 e. The molecule has 0 aromatic heterocycles. The quantitative estimate of drug-likeness (QED) is 0.746. The van der Waals surface area contributed by atoms with Crippen molar-refractivity contribution in [3.63, 3.8) is 0 Å². The SMILES string of the molecule is O=C1CC2(CCN(S(=O)(=O)c3ccccc3Br)C2)Oc2ccccc21. The fourth-order valence-electron chi connectivity index (χ4n) is 3.48. The standard InChI is InChI=1S/C18H16BrNO4S/c19-14-6-2-4-8-17(14)25(22,23)20-10-9-18(12-20)11-15(21)13-5-1-3-7-16(13)24-18/h1-8H,9-12H2. The van der Waals surface area contributed by atoms with Crippen LogP contribution in [0.15, 0.2) is 57.9 Å². The molecule has 0 bridgehead atoms. The van der Waals surface area contributed by atoms with Gasteiger partial charge in [-0.2, -0.15) is 4.31 Å². The van der Waals surface area contributed by atoms with Gasteiger partial charge in [-0.3, -0.25) is 4.79 Å². The lowest BCUT2D eigenvalue weighted by molar-refractivity contribution is 0.0498. The summed E-state index contributed by atoms with van der Waals surface area (Å²) in [5.74, 6) is 0.542. The molecule has 25 heavy (non-hydrogen) atoms. The third kappa shape index (κ3) is 2.80. The van der Waals surface area contributed by atoms with Gasteiger partial charge < -0.3 is 4.74 Å². The lowest BCUT2D eigenvalue weighted by Crippen LogP contribution is -2.45. The zero-order valence-electron chi connectivity index (χ0n) is 13.3. The lowest BCUT2D eigenvalue weighted by atomic mass is 9.89. The normalized spacial score (nSPS) is 23.5. The molecule has 5 nitrogen and oxygen atoms in total. The van der Waals surface area contributed by atoms with Crippen molar-refractivity contribution in [2.24, 2.45) is 0 Å². The van der Waals surface area contributed by atoms with Crippen molar-refractivity contribution in [1.82, 2.24) is 4.31 Å². The van der Waals surface area contributed by atoms with Crippen LogP contribution in [-0.2, 0) is 10.0 Å². The highest BCUT2D eigenvalue weighted by Crippen LogP contribution is 2.40. The Morgan fingerprint density at radius 2 is 1.80 bits per heavy atom. The topological polar surface area (TPSA) is 63.7 Å². The van der Waals surface area contributed by atoms with Crippen LogP contribution in [-0.4, -0.2) is 37.2 Å². The predicted octanol–water partition coefficient (Wildman–Crippen LogP) is 3.25. The molecular formula is C18H16BrNO4S. The summed E-state index contributed by atoms with van der Waals surface area (Å²) in [6, 6.07) is 13.9. The number of rotatable bonds is 2. The molecule has 0 aliphatic carbocycles. The smallest absolute Gasteiger partial charge is 0.244 e. The first-order valence-corrected chi connectivity index (χ1v) is 10.2. The number of halogens is 1. The molecule has 1 spiro atoms. The van der Waals surface area contributed by atoms with Gasteiger partial charge in [-0.15, -0.1) is 0 Å². The van der Waals surface area contributed by atoms with Crippen LogP contribution in [0.1, 0.15) is 23.2 Å². The van der Waals surface area contributed by atoms with Crippen LogP contribution in [0.25, 0.3) is 0 Å². The first-order chi connectivity index (χ1) is 11.9. The Bertz CT molecular complexity index is 959. The zero-order valence-corrected chi connectivity index (χ0v) is 15.7. The van der Waals surface area contributed by atoms with Gasteiger partial charge in [0, 0.05) is 17.4 Å². The second kappa shape index (κ2) is 5.93. The Morgan fingerprint density at radius 3 is 2.60 bits per heavy atom. The van der Waals surface area contributed by atoms with Gasteiger partial charge in [0.1, 0.15) is 11.4 Å². The fraction of sp³-hybridized carbons (Fsp3) is 0.278. The third-order valence-electron chi connectivity index (χ3n) is 4.73. The van der Waals surface area contributed by atoms with Crippen molar-refractivity contribution in [3.05, 3.63) is 58.6 Å². The van der Waals surface area contributed by atoms with Crippen molar-refractivity contribution in [2.75, 3.05) is 13.1 Å². The molecule has 2 aliphatic rings. The van der Waals surface area contributed by atoms with Crippen LogP contribution in [0.2, 0.25) is 0 Å². The molecule has 0 saturated carbocycles. The van der Waals surface area contributed by atoms with Crippen LogP contribution in [0, 0.1) is 0 Å². The monoisotopic (exact) mass is 421 g/mol. The summed E-state index contributed by atoms with van der Waals surface area (Å²) in [5.41, 5.74) is -0.208. The molecule has 130 valence electrons. The summed E-state index contributed by atoms with van der Waals surface area (Å²) in [5, 5.41) is 0. The van der Waals surface area contributed by atoms with E-state index in [4.69, 9.17) is 4.74 Å². The molecule has 2 aromatic carbocycles. The van der Waals surface area contributed by atoms with Gasteiger partial charge >= 0.3 is 0 Å². The van der Waals surface area contributed by atoms with Crippen molar-refractivity contribution < 1.29 is 17.9 Å². The Balaban J connectivity index is 1.64. The molecule has 1 saturated heterocycles. The van der Waals surface area contributed by atoms with Gasteiger partial charge in [0.2, 0.25) is 10.0 Å². The first kappa shape index (κ1) is 16.8. The number of fused-ring (bicyclic) bond motifs is 1. The number of hydrogen-bond donors (Lipinski definition) is 0.